The highest BCUT2D eigenvalue weighted by atomic mass is 16.6. The average Bonchev–Trinajstić information content (AvgIpc) is 3.04. The van der Waals surface area contributed by atoms with E-state index in [1.807, 2.05) is 0 Å². The van der Waals surface area contributed by atoms with Crippen LogP contribution in [-0.4, -0.2) is 39.7 Å². The molecule has 0 aromatic carbocycles. The van der Waals surface area contributed by atoms with Crippen molar-refractivity contribution in [3.8, 4) is 0 Å². The molecule has 1 heterocycles. The van der Waals surface area contributed by atoms with Crippen LogP contribution in [0.5, 0.6) is 0 Å². The number of carbonyl (C=O) groups excluding carboxylic acids is 3. The summed E-state index contributed by atoms with van der Waals surface area (Å²) in [6, 6.07) is 0. The molecule has 0 amide bonds. The first-order chi connectivity index (χ1) is 10.7. The summed E-state index contributed by atoms with van der Waals surface area (Å²) in [5, 5.41) is 4.19. The van der Waals surface area contributed by atoms with Crippen molar-refractivity contribution in [1.29, 1.82) is 0 Å². The zero-order valence-electron chi connectivity index (χ0n) is 13.7. The van der Waals surface area contributed by atoms with Crippen molar-refractivity contribution in [1.82, 2.24) is 9.78 Å². The molecule has 1 aromatic heterocycles. The molecular weight excluding hydrogens is 300 g/mol. The lowest BCUT2D eigenvalue weighted by molar-refractivity contribution is -0.155. The molecule has 3 rings (SSSR count). The molecule has 0 saturated heterocycles. The van der Waals surface area contributed by atoms with E-state index in [9.17, 15) is 14.4 Å². The van der Waals surface area contributed by atoms with Gasteiger partial charge in [-0.05, 0) is 40.0 Å². The second-order valence-electron chi connectivity index (χ2n) is 6.89. The third-order valence-electron chi connectivity index (χ3n) is 3.89. The number of Topliss-reactive ketones (excluding diaryl/α,β-unsaturated/α-hetero) is 1. The van der Waals surface area contributed by atoms with Crippen molar-refractivity contribution in [2.75, 3.05) is 6.61 Å². The van der Waals surface area contributed by atoms with Crippen molar-refractivity contribution >= 4 is 17.7 Å². The number of aromatic nitrogens is 2. The van der Waals surface area contributed by atoms with Crippen molar-refractivity contribution in [3.05, 3.63) is 17.0 Å². The molecule has 0 spiro atoms. The van der Waals surface area contributed by atoms with Crippen LogP contribution in [0, 0.1) is 5.92 Å². The maximum Gasteiger partial charge on any atom is 0.356 e. The van der Waals surface area contributed by atoms with Crippen LogP contribution in [0.15, 0.2) is 0 Å². The molecule has 2 aliphatic rings. The second-order valence-corrected chi connectivity index (χ2v) is 6.89. The van der Waals surface area contributed by atoms with Crippen LogP contribution in [0.2, 0.25) is 0 Å². The van der Waals surface area contributed by atoms with Gasteiger partial charge in [-0.1, -0.05) is 0 Å². The van der Waals surface area contributed by atoms with Crippen LogP contribution < -0.4 is 0 Å². The average molecular weight is 320 g/mol. The van der Waals surface area contributed by atoms with Gasteiger partial charge in [-0.25, -0.2) is 9.48 Å². The molecule has 0 aliphatic heterocycles. The van der Waals surface area contributed by atoms with E-state index in [2.05, 4.69) is 5.10 Å². The number of nitrogens with zero attached hydrogens (tertiary/aromatic N) is 2. The van der Waals surface area contributed by atoms with E-state index in [0.29, 0.717) is 11.3 Å². The molecule has 0 unspecified atom stereocenters. The molecule has 2 aliphatic carbocycles. The van der Waals surface area contributed by atoms with Gasteiger partial charge in [0, 0.05) is 11.5 Å². The highest BCUT2D eigenvalue weighted by Crippen LogP contribution is 2.56. The molecule has 1 aromatic rings. The maximum atomic E-state index is 12.3. The van der Waals surface area contributed by atoms with Gasteiger partial charge in [-0.3, -0.25) is 9.59 Å². The normalized spacial score (nSPS) is 21.7. The van der Waals surface area contributed by atoms with Crippen molar-refractivity contribution in [2.24, 2.45) is 5.92 Å². The largest absolute Gasteiger partial charge is 0.461 e. The maximum absolute atomic E-state index is 12.3. The first-order valence-corrected chi connectivity index (χ1v) is 7.76. The first-order valence-electron chi connectivity index (χ1n) is 7.76. The molecule has 7 heteroatoms. The smallest absolute Gasteiger partial charge is 0.356 e. The Balaban J connectivity index is 1.93. The lowest BCUT2D eigenvalue weighted by atomic mass is 10.1. The van der Waals surface area contributed by atoms with Crippen LogP contribution in [0.1, 0.15) is 66.6 Å². The van der Waals surface area contributed by atoms with E-state index in [1.165, 1.54) is 4.68 Å². The number of rotatable bonds is 4. The van der Waals surface area contributed by atoms with Crippen LogP contribution in [-0.2, 0) is 20.8 Å². The number of carbonyl (C=O) groups is 3. The molecule has 1 fully saturated rings. The lowest BCUT2D eigenvalue weighted by Crippen LogP contribution is -2.28. The highest BCUT2D eigenvalue weighted by Gasteiger charge is 2.56. The highest BCUT2D eigenvalue weighted by molar-refractivity contribution is 6.07. The van der Waals surface area contributed by atoms with E-state index in [1.54, 1.807) is 27.7 Å². The van der Waals surface area contributed by atoms with E-state index >= 15 is 0 Å². The Labute approximate surface area is 133 Å². The summed E-state index contributed by atoms with van der Waals surface area (Å²) in [5.74, 6) is -1.10. The molecule has 0 N–H and O–H groups in total. The van der Waals surface area contributed by atoms with Gasteiger partial charge >= 0.3 is 11.9 Å². The number of ketones is 1. The summed E-state index contributed by atoms with van der Waals surface area (Å²) in [6.45, 7) is 6.99. The van der Waals surface area contributed by atoms with E-state index in [4.69, 9.17) is 9.47 Å². The van der Waals surface area contributed by atoms with Gasteiger partial charge in [0.25, 0.3) is 0 Å². The third-order valence-corrected chi connectivity index (χ3v) is 3.89. The summed E-state index contributed by atoms with van der Waals surface area (Å²) >= 11 is 0. The van der Waals surface area contributed by atoms with Gasteiger partial charge in [0.15, 0.2) is 11.5 Å². The zero-order chi connectivity index (χ0) is 16.9. The Bertz CT molecular complexity index is 698. The molecular formula is C16H20N2O5. The standard InChI is InChI=1S/C16H20N2O5/c1-5-22-15(21)13-11-8-6-9(8)14(20)12(11)17-18(13)7-10(19)23-16(2,3)4/h8-9H,5-7H2,1-4H3/t8-,9+/m0/s1. The summed E-state index contributed by atoms with van der Waals surface area (Å²) in [7, 11) is 0. The Morgan fingerprint density at radius 1 is 1.30 bits per heavy atom. The summed E-state index contributed by atoms with van der Waals surface area (Å²) in [4.78, 5) is 36.5. The van der Waals surface area contributed by atoms with E-state index in [-0.39, 0.29) is 36.5 Å². The SMILES string of the molecule is CCOC(=O)c1c2c(nn1CC(=O)OC(C)(C)C)C(=O)[C@@H]1C[C@H]21. The predicted molar refractivity (Wildman–Crippen MR) is 79.2 cm³/mol. The fourth-order valence-electron chi connectivity index (χ4n) is 3.01. The monoisotopic (exact) mass is 320 g/mol. The molecule has 2 atom stereocenters. The fraction of sp³-hybridized carbons (Fsp3) is 0.625. The van der Waals surface area contributed by atoms with Gasteiger partial charge in [0.2, 0.25) is 0 Å². The minimum Gasteiger partial charge on any atom is -0.461 e. The quantitative estimate of drug-likeness (QED) is 0.785. The molecule has 23 heavy (non-hydrogen) atoms. The fourth-order valence-corrected chi connectivity index (χ4v) is 3.01. The van der Waals surface area contributed by atoms with Gasteiger partial charge in [0.1, 0.15) is 17.8 Å². The summed E-state index contributed by atoms with van der Waals surface area (Å²) < 4.78 is 11.6. The first kappa shape index (κ1) is 15.7. The Morgan fingerprint density at radius 2 is 2.00 bits per heavy atom. The van der Waals surface area contributed by atoms with Crippen LogP contribution >= 0.6 is 0 Å². The molecule has 0 bridgehead atoms. The molecule has 0 radical (unpaired) electrons. The number of ether oxygens (including phenoxy) is 2. The second kappa shape index (κ2) is 5.18. The Hall–Kier alpha value is -2.18. The topological polar surface area (TPSA) is 87.5 Å². The minimum atomic E-state index is -0.630. The molecule has 124 valence electrons. The van der Waals surface area contributed by atoms with Crippen LogP contribution in [0.4, 0.5) is 0 Å². The third kappa shape index (κ3) is 2.75. The number of hydrogen-bond acceptors (Lipinski definition) is 6. The number of hydrogen-bond donors (Lipinski definition) is 0. The summed E-state index contributed by atoms with van der Waals surface area (Å²) in [6.07, 6.45) is 0.746. The van der Waals surface area contributed by atoms with Gasteiger partial charge in [-0.15, -0.1) is 0 Å². The number of fused-ring (bicyclic) bond motifs is 3. The Morgan fingerprint density at radius 3 is 2.61 bits per heavy atom. The molecule has 1 saturated carbocycles. The lowest BCUT2D eigenvalue weighted by Gasteiger charge is -2.19. The minimum absolute atomic E-state index is 0.0431. The number of esters is 2. The van der Waals surface area contributed by atoms with Crippen molar-refractivity contribution in [3.63, 3.8) is 0 Å². The predicted octanol–water partition coefficient (Wildman–Crippen LogP) is 1.70. The van der Waals surface area contributed by atoms with E-state index in [0.717, 1.165) is 6.42 Å². The van der Waals surface area contributed by atoms with Gasteiger partial charge < -0.3 is 9.47 Å². The van der Waals surface area contributed by atoms with Crippen molar-refractivity contribution in [2.45, 2.75) is 52.2 Å². The molecule has 7 nitrogen and oxygen atoms in total. The zero-order valence-corrected chi connectivity index (χ0v) is 13.7. The van der Waals surface area contributed by atoms with E-state index < -0.39 is 17.5 Å². The van der Waals surface area contributed by atoms with Gasteiger partial charge in [0.05, 0.1) is 6.61 Å². The van der Waals surface area contributed by atoms with Gasteiger partial charge in [-0.2, -0.15) is 5.10 Å². The van der Waals surface area contributed by atoms with Crippen LogP contribution in [0.25, 0.3) is 0 Å². The Kier molecular flexibility index (Phi) is 3.54. The van der Waals surface area contributed by atoms with Crippen LogP contribution in [0.3, 0.4) is 0 Å². The summed E-state index contributed by atoms with van der Waals surface area (Å²) in [5.41, 5.74) is 0.528. The van der Waals surface area contributed by atoms with Crippen molar-refractivity contribution < 1.29 is 23.9 Å².